The largest absolute Gasteiger partial charge is 0.446 e. The highest BCUT2D eigenvalue weighted by Crippen LogP contribution is 2.28. The molecule has 0 saturated carbocycles. The van der Waals surface area contributed by atoms with Gasteiger partial charge in [-0.25, -0.2) is 0 Å². The van der Waals surface area contributed by atoms with Crippen molar-refractivity contribution in [3.8, 4) is 5.88 Å². The van der Waals surface area contributed by atoms with Crippen molar-refractivity contribution in [2.24, 2.45) is 0 Å². The van der Waals surface area contributed by atoms with E-state index in [1.54, 1.807) is 0 Å². The van der Waals surface area contributed by atoms with Crippen molar-refractivity contribution in [2.45, 2.75) is 83.8 Å². The Labute approximate surface area is 162 Å². The second kappa shape index (κ2) is 12.4. The third-order valence-corrected chi connectivity index (χ3v) is 5.42. The zero-order valence-electron chi connectivity index (χ0n) is 16.5. The minimum atomic E-state index is -0.788. The maximum Gasteiger partial charge on any atom is 0.255 e. The van der Waals surface area contributed by atoms with E-state index in [2.05, 4.69) is 33.7 Å². The number of hydrogen-bond donors (Lipinski definition) is 1. The molecule has 1 atom stereocenters. The van der Waals surface area contributed by atoms with Gasteiger partial charge in [-0.15, -0.1) is 4.37 Å². The minimum absolute atomic E-state index is 0.486. The van der Waals surface area contributed by atoms with Crippen molar-refractivity contribution in [1.82, 2.24) is 13.6 Å². The lowest BCUT2D eigenvalue weighted by atomic mass is 10.1. The molecule has 1 aliphatic heterocycles. The molecule has 2 rings (SSSR count). The first-order valence-corrected chi connectivity index (χ1v) is 11.0. The van der Waals surface area contributed by atoms with Crippen molar-refractivity contribution < 1.29 is 9.84 Å². The fourth-order valence-electron chi connectivity index (χ4n) is 3.34. The van der Waals surface area contributed by atoms with Crippen LogP contribution in [0.2, 0.25) is 0 Å². The predicted molar refractivity (Wildman–Crippen MR) is 108 cm³/mol. The number of likely N-dealkylation sites (N-methyl/N-ethyl adjacent to an activating group) is 1. The Morgan fingerprint density at radius 2 is 1.81 bits per heavy atom. The second-order valence-corrected chi connectivity index (χ2v) is 7.89. The van der Waals surface area contributed by atoms with Crippen LogP contribution in [0.3, 0.4) is 0 Å². The van der Waals surface area contributed by atoms with Gasteiger partial charge in [-0.2, -0.15) is 4.37 Å². The Morgan fingerprint density at radius 3 is 2.50 bits per heavy atom. The number of ether oxygens (including phenoxy) is 1. The van der Waals surface area contributed by atoms with Gasteiger partial charge < -0.3 is 14.7 Å². The average Bonchev–Trinajstić information content (AvgIpc) is 3.08. The van der Waals surface area contributed by atoms with Gasteiger partial charge in [0.15, 0.2) is 6.29 Å². The molecule has 2 heterocycles. The summed E-state index contributed by atoms with van der Waals surface area (Å²) in [6.45, 7) is 4.18. The molecule has 6 heteroatoms. The highest BCUT2D eigenvalue weighted by molar-refractivity contribution is 6.99. The molecule has 1 aliphatic rings. The molecule has 0 bridgehead atoms. The molecule has 1 aromatic heterocycles. The van der Waals surface area contributed by atoms with Gasteiger partial charge in [0.1, 0.15) is 5.69 Å². The number of hydrogen-bond acceptors (Lipinski definition) is 6. The van der Waals surface area contributed by atoms with E-state index in [9.17, 15) is 5.11 Å². The highest BCUT2D eigenvalue weighted by atomic mass is 32.1. The lowest BCUT2D eigenvalue weighted by Gasteiger charge is -2.22. The Bertz CT molecular complexity index is 533. The van der Waals surface area contributed by atoms with Crippen LogP contribution in [0.25, 0.3) is 5.57 Å². The molecule has 1 unspecified atom stereocenters. The third-order valence-electron chi connectivity index (χ3n) is 4.91. The Kier molecular flexibility index (Phi) is 10.2. The Hall–Kier alpha value is -0.980. The van der Waals surface area contributed by atoms with Crippen LogP contribution in [0, 0.1) is 0 Å². The maximum atomic E-state index is 10.2. The van der Waals surface area contributed by atoms with Gasteiger partial charge in [0.05, 0.1) is 11.7 Å². The zero-order chi connectivity index (χ0) is 18.6. The predicted octanol–water partition coefficient (Wildman–Crippen LogP) is 4.88. The second-order valence-electron chi connectivity index (χ2n) is 7.36. The van der Waals surface area contributed by atoms with Gasteiger partial charge in [-0.05, 0) is 25.5 Å². The van der Waals surface area contributed by atoms with Crippen molar-refractivity contribution >= 4 is 17.3 Å². The lowest BCUT2D eigenvalue weighted by Crippen LogP contribution is -2.25. The number of aromatic nitrogens is 2. The van der Waals surface area contributed by atoms with E-state index in [0.29, 0.717) is 12.3 Å². The van der Waals surface area contributed by atoms with E-state index in [0.717, 1.165) is 55.3 Å². The molecule has 148 valence electrons. The van der Waals surface area contributed by atoms with Gasteiger partial charge in [-0.1, -0.05) is 64.4 Å². The molecule has 0 fully saturated rings. The number of rotatable bonds is 13. The summed E-state index contributed by atoms with van der Waals surface area (Å²) in [5.41, 5.74) is 1.95. The molecule has 0 amide bonds. The van der Waals surface area contributed by atoms with Crippen molar-refractivity contribution in [3.05, 3.63) is 11.8 Å². The van der Waals surface area contributed by atoms with Crippen LogP contribution in [0.4, 0.5) is 0 Å². The quantitative estimate of drug-likeness (QED) is 0.390. The highest BCUT2D eigenvalue weighted by Gasteiger charge is 2.20. The van der Waals surface area contributed by atoms with E-state index in [1.807, 2.05) is 0 Å². The van der Waals surface area contributed by atoms with Crippen LogP contribution in [0.5, 0.6) is 5.88 Å². The van der Waals surface area contributed by atoms with Gasteiger partial charge in [0, 0.05) is 19.5 Å². The molecular formula is C20H35N3O2S. The van der Waals surface area contributed by atoms with Crippen LogP contribution < -0.4 is 4.74 Å². The summed E-state index contributed by atoms with van der Waals surface area (Å²) in [6, 6.07) is 0. The molecular weight excluding hydrogens is 346 g/mol. The topological polar surface area (TPSA) is 58.5 Å². The smallest absolute Gasteiger partial charge is 0.255 e. The van der Waals surface area contributed by atoms with E-state index < -0.39 is 6.29 Å². The van der Waals surface area contributed by atoms with E-state index in [1.165, 1.54) is 44.9 Å². The summed E-state index contributed by atoms with van der Waals surface area (Å²) < 4.78 is 14.3. The van der Waals surface area contributed by atoms with E-state index in [-0.39, 0.29) is 0 Å². The average molecular weight is 382 g/mol. The van der Waals surface area contributed by atoms with Crippen LogP contribution in [0.15, 0.2) is 6.08 Å². The molecule has 0 aromatic carbocycles. The SMILES string of the molecule is CCCCCCCCCCCC(O)Oc1nsnc1C1=CCCN(C)C1. The van der Waals surface area contributed by atoms with Crippen molar-refractivity contribution in [2.75, 3.05) is 20.1 Å². The number of aliphatic hydroxyl groups is 1. The number of nitrogens with zero attached hydrogens (tertiary/aromatic N) is 3. The normalized spacial score (nSPS) is 16.5. The minimum Gasteiger partial charge on any atom is -0.446 e. The first kappa shape index (κ1) is 21.3. The molecule has 5 nitrogen and oxygen atoms in total. The van der Waals surface area contributed by atoms with Gasteiger partial charge in [0.2, 0.25) is 0 Å². The molecule has 1 N–H and O–H groups in total. The first-order chi connectivity index (χ1) is 12.7. The van der Waals surface area contributed by atoms with Crippen LogP contribution >= 0.6 is 11.7 Å². The summed E-state index contributed by atoms with van der Waals surface area (Å²) in [7, 11) is 2.10. The van der Waals surface area contributed by atoms with Gasteiger partial charge in [0.25, 0.3) is 5.88 Å². The zero-order valence-corrected chi connectivity index (χ0v) is 17.3. The summed E-state index contributed by atoms with van der Waals surface area (Å²) >= 11 is 1.15. The third kappa shape index (κ3) is 7.72. The summed E-state index contributed by atoms with van der Waals surface area (Å²) in [4.78, 5) is 2.26. The van der Waals surface area contributed by atoms with Crippen LogP contribution in [-0.2, 0) is 0 Å². The molecule has 0 spiro atoms. The molecule has 0 radical (unpaired) electrons. The fourth-order valence-corrected chi connectivity index (χ4v) is 3.86. The monoisotopic (exact) mass is 381 g/mol. The first-order valence-electron chi connectivity index (χ1n) is 10.3. The number of unbranched alkanes of at least 4 members (excludes halogenated alkanes) is 8. The Balaban J connectivity index is 1.62. The molecule has 0 saturated heterocycles. The maximum absolute atomic E-state index is 10.2. The standard InChI is InChI=1S/C20H35N3O2S/c1-3-4-5-6-7-8-9-10-11-14-18(24)25-20-19(21-26-22-20)17-13-12-15-23(2)16-17/h13,18,24H,3-12,14-16H2,1-2H3. The molecule has 26 heavy (non-hydrogen) atoms. The Morgan fingerprint density at radius 1 is 1.12 bits per heavy atom. The molecule has 0 aliphatic carbocycles. The van der Waals surface area contributed by atoms with Crippen molar-refractivity contribution in [1.29, 1.82) is 0 Å². The summed E-state index contributed by atoms with van der Waals surface area (Å²) in [6.07, 6.45) is 14.6. The van der Waals surface area contributed by atoms with Crippen molar-refractivity contribution in [3.63, 3.8) is 0 Å². The van der Waals surface area contributed by atoms with Gasteiger partial charge in [-0.3, -0.25) is 0 Å². The molecule has 1 aromatic rings. The van der Waals surface area contributed by atoms with E-state index in [4.69, 9.17) is 4.74 Å². The van der Waals surface area contributed by atoms with Crippen LogP contribution in [0.1, 0.15) is 83.2 Å². The number of aliphatic hydroxyl groups excluding tert-OH is 1. The van der Waals surface area contributed by atoms with E-state index >= 15 is 0 Å². The van der Waals surface area contributed by atoms with Crippen LogP contribution in [-0.4, -0.2) is 45.2 Å². The summed E-state index contributed by atoms with van der Waals surface area (Å²) in [5.74, 6) is 0.486. The fraction of sp³-hybridized carbons (Fsp3) is 0.800. The lowest BCUT2D eigenvalue weighted by molar-refractivity contribution is -0.0274. The van der Waals surface area contributed by atoms with Gasteiger partial charge >= 0.3 is 0 Å². The summed E-state index contributed by atoms with van der Waals surface area (Å²) in [5, 5.41) is 10.2.